The lowest BCUT2D eigenvalue weighted by Crippen LogP contribution is -2.11. The van der Waals surface area contributed by atoms with Crippen LogP contribution >= 0.6 is 0 Å². The highest BCUT2D eigenvalue weighted by atomic mass is 15.0. The first-order valence-corrected chi connectivity index (χ1v) is 26.0. The minimum absolute atomic E-state index is 0.958. The van der Waals surface area contributed by atoms with Gasteiger partial charge in [0.25, 0.3) is 0 Å². The van der Waals surface area contributed by atoms with Crippen LogP contribution in [0.15, 0.2) is 248 Å². The number of fused-ring (bicyclic) bond motifs is 4. The lowest BCUT2D eigenvalue weighted by molar-refractivity contribution is -0.400. The summed E-state index contributed by atoms with van der Waals surface area (Å²) < 4.78 is 9.63. The van der Waals surface area contributed by atoms with Crippen LogP contribution in [-0.2, 0) is 21.1 Å². The largest absolute Gasteiger partial charge is 0.343 e. The van der Waals surface area contributed by atoms with Crippen LogP contribution in [0.2, 0.25) is 0 Å². The van der Waals surface area contributed by atoms with Gasteiger partial charge in [-0.2, -0.15) is 4.58 Å². The van der Waals surface area contributed by atoms with E-state index in [0.717, 1.165) is 19.3 Å². The fraction of sp³-hybridized carbons (Fsp3) is 0.100. The molecule has 0 N–H and O–H groups in total. The van der Waals surface area contributed by atoms with Crippen LogP contribution in [0, 0.1) is 0 Å². The smallest absolute Gasteiger partial charge is 0.221 e. The number of hydrogen-bond donors (Lipinski definition) is 0. The van der Waals surface area contributed by atoms with Crippen LogP contribution in [0.1, 0.15) is 47.1 Å². The maximum absolute atomic E-state index is 2.57. The number of aromatic nitrogens is 3. The van der Waals surface area contributed by atoms with Crippen LogP contribution in [0.4, 0.5) is 5.69 Å². The third-order valence-electron chi connectivity index (χ3n) is 15.7. The molecule has 0 saturated carbocycles. The summed E-state index contributed by atoms with van der Waals surface area (Å²) in [4.78, 5) is 0. The summed E-state index contributed by atoms with van der Waals surface area (Å²) in [5.74, 6) is 0. The zero-order valence-corrected chi connectivity index (χ0v) is 42.4. The normalized spacial score (nSPS) is 14.8. The molecule has 8 aromatic carbocycles. The first-order valence-electron chi connectivity index (χ1n) is 26.0. The monoisotopic (exact) mass is 953 g/mol. The van der Waals surface area contributed by atoms with E-state index in [1.54, 1.807) is 0 Å². The van der Waals surface area contributed by atoms with Crippen LogP contribution in [-0.4, -0.2) is 31.0 Å². The summed E-state index contributed by atoms with van der Waals surface area (Å²) in [6.45, 7) is 0. The van der Waals surface area contributed by atoms with E-state index in [9.17, 15) is 0 Å². The molecule has 13 rings (SSSR count). The van der Waals surface area contributed by atoms with Crippen molar-refractivity contribution >= 4 is 60.8 Å². The lowest BCUT2D eigenvalue weighted by Gasteiger charge is -2.19. The molecule has 0 unspecified atom stereocenters. The first kappa shape index (κ1) is 44.9. The minimum atomic E-state index is 0.958. The predicted octanol–water partition coefficient (Wildman–Crippen LogP) is 17.0. The molecule has 356 valence electrons. The molecule has 4 heterocycles. The van der Waals surface area contributed by atoms with Crippen molar-refractivity contribution in [3.63, 3.8) is 0 Å². The fourth-order valence-electron chi connectivity index (χ4n) is 12.4. The van der Waals surface area contributed by atoms with Crippen molar-refractivity contribution < 1.29 is 4.58 Å². The number of nitrogens with zero attached hydrogens (tertiary/aromatic N) is 4. The van der Waals surface area contributed by atoms with Crippen molar-refractivity contribution in [2.45, 2.75) is 19.3 Å². The number of benzene rings is 8. The first-order chi connectivity index (χ1) is 36.4. The molecule has 0 radical (unpaired) electrons. The van der Waals surface area contributed by atoms with Crippen molar-refractivity contribution in [1.82, 2.24) is 13.7 Å². The van der Waals surface area contributed by atoms with Crippen LogP contribution in [0.25, 0.3) is 83.2 Å². The van der Waals surface area contributed by atoms with E-state index in [4.69, 9.17) is 0 Å². The molecule has 11 aromatic rings. The molecule has 4 nitrogen and oxygen atoms in total. The van der Waals surface area contributed by atoms with E-state index in [-0.39, 0.29) is 0 Å². The Morgan fingerprint density at radius 3 is 1.34 bits per heavy atom. The quantitative estimate of drug-likeness (QED) is 0.128. The Morgan fingerprint density at radius 2 is 0.838 bits per heavy atom. The average molecular weight is 954 g/mol. The van der Waals surface area contributed by atoms with Crippen LogP contribution in [0.3, 0.4) is 0 Å². The van der Waals surface area contributed by atoms with Gasteiger partial charge in [0.1, 0.15) is 7.05 Å². The SMILES string of the molecule is Cn1c(-c2ccccc2)c(C(=CC2=CC(=CC(=C3C(c4ccccc4)=[N+](C)c4ccccc43)c3c(-c4ccccc4)n(C)c4ccccc34)CCC2)c2c(-c3ccccc3)n(C)c3ccccc23)c2ccccc21. The van der Waals surface area contributed by atoms with Gasteiger partial charge in [0, 0.05) is 82.2 Å². The van der Waals surface area contributed by atoms with Gasteiger partial charge in [0.05, 0.1) is 28.2 Å². The number of rotatable bonds is 9. The summed E-state index contributed by atoms with van der Waals surface area (Å²) in [6.07, 6.45) is 10.6. The highest BCUT2D eigenvalue weighted by molar-refractivity contribution is 6.39. The molecule has 0 saturated heterocycles. The van der Waals surface area contributed by atoms with Crippen LogP contribution in [0.5, 0.6) is 0 Å². The van der Waals surface area contributed by atoms with Gasteiger partial charge < -0.3 is 13.7 Å². The van der Waals surface area contributed by atoms with E-state index in [1.807, 2.05) is 0 Å². The Kier molecular flexibility index (Phi) is 11.3. The predicted molar refractivity (Wildman–Crippen MR) is 312 cm³/mol. The van der Waals surface area contributed by atoms with Crippen molar-refractivity contribution in [3.8, 4) is 33.8 Å². The maximum atomic E-state index is 2.57. The van der Waals surface area contributed by atoms with Gasteiger partial charge in [0.15, 0.2) is 0 Å². The second-order valence-corrected chi connectivity index (χ2v) is 19.9. The number of allylic oxidation sites excluding steroid dienone is 7. The second kappa shape index (κ2) is 18.6. The van der Waals surface area contributed by atoms with Gasteiger partial charge >= 0.3 is 0 Å². The zero-order chi connectivity index (χ0) is 49.9. The number of aryl methyl sites for hydroxylation is 3. The summed E-state index contributed by atoms with van der Waals surface area (Å²) in [7, 11) is 8.94. The van der Waals surface area contributed by atoms with E-state index in [2.05, 4.69) is 283 Å². The van der Waals surface area contributed by atoms with Crippen molar-refractivity contribution in [2.24, 2.45) is 21.1 Å². The Bertz CT molecular complexity index is 4020. The van der Waals surface area contributed by atoms with Crippen molar-refractivity contribution in [1.29, 1.82) is 0 Å². The van der Waals surface area contributed by atoms with Crippen molar-refractivity contribution in [2.75, 3.05) is 7.05 Å². The molecule has 0 atom stereocenters. The molecule has 0 fully saturated rings. The molecule has 74 heavy (non-hydrogen) atoms. The Hall–Kier alpha value is -8.99. The summed E-state index contributed by atoms with van der Waals surface area (Å²) in [5, 5.41) is 3.72. The van der Waals surface area contributed by atoms with Crippen LogP contribution < -0.4 is 0 Å². The second-order valence-electron chi connectivity index (χ2n) is 19.9. The minimum Gasteiger partial charge on any atom is -0.343 e. The molecule has 1 aliphatic carbocycles. The van der Waals surface area contributed by atoms with Gasteiger partial charge in [-0.3, -0.25) is 0 Å². The van der Waals surface area contributed by atoms with E-state index in [1.165, 1.54) is 134 Å². The highest BCUT2D eigenvalue weighted by Gasteiger charge is 2.37. The number of hydrogen-bond acceptors (Lipinski definition) is 0. The lowest BCUT2D eigenvalue weighted by atomic mass is 9.84. The third kappa shape index (κ3) is 7.39. The van der Waals surface area contributed by atoms with Gasteiger partial charge in [0.2, 0.25) is 11.4 Å². The van der Waals surface area contributed by atoms with E-state index in [0.29, 0.717) is 0 Å². The fourth-order valence-corrected chi connectivity index (χ4v) is 12.4. The van der Waals surface area contributed by atoms with Gasteiger partial charge in [-0.1, -0.05) is 194 Å². The standard InChI is InChI=1S/C70H57N4/c1-71-59-40-21-17-36-53(59)63(67(71)49-28-9-5-10-29-49)57(64-54-37-18-22-41-60(54)72(2)68(64)50-30-11-6-12-31-50)45-47-26-25-27-48(44-47)46-58(65-55-38-19-23-42-61(55)73(3)69(65)51-32-13-7-14-33-51)66-56-39-20-24-43-62(56)74(4)70(66)52-34-15-8-16-35-52/h5-24,28-46H,25-27H2,1-4H3/q+1. The summed E-state index contributed by atoms with van der Waals surface area (Å²) in [5.41, 5.74) is 25.8. The molecule has 0 amide bonds. The zero-order valence-electron chi connectivity index (χ0n) is 42.4. The molecule has 1 aliphatic heterocycles. The maximum Gasteiger partial charge on any atom is 0.221 e. The van der Waals surface area contributed by atoms with E-state index < -0.39 is 0 Å². The van der Waals surface area contributed by atoms with Gasteiger partial charge in [-0.15, -0.1) is 0 Å². The third-order valence-corrected chi connectivity index (χ3v) is 15.7. The Morgan fingerprint density at radius 1 is 0.432 bits per heavy atom. The highest BCUT2D eigenvalue weighted by Crippen LogP contribution is 2.49. The van der Waals surface area contributed by atoms with Crippen molar-refractivity contribution in [3.05, 3.63) is 276 Å². The van der Waals surface area contributed by atoms with Gasteiger partial charge in [-0.25, -0.2) is 0 Å². The Labute approximate surface area is 433 Å². The molecule has 2 aliphatic rings. The van der Waals surface area contributed by atoms with E-state index >= 15 is 0 Å². The molecule has 0 bridgehead atoms. The summed E-state index contributed by atoms with van der Waals surface area (Å²) in [6, 6.07) is 79.8. The topological polar surface area (TPSA) is 17.8 Å². The van der Waals surface area contributed by atoms with Gasteiger partial charge in [-0.05, 0) is 94.6 Å². The molecular weight excluding hydrogens is 897 g/mol. The molecule has 0 spiro atoms. The molecular formula is C70H57N4+. The summed E-state index contributed by atoms with van der Waals surface area (Å²) >= 11 is 0. The Balaban J connectivity index is 1.13. The molecule has 4 heteroatoms. The average Bonchev–Trinajstić information content (AvgIpc) is 4.16. The molecule has 3 aromatic heterocycles. The number of para-hydroxylation sites is 4.